The van der Waals surface area contributed by atoms with Gasteiger partial charge < -0.3 is 14.9 Å². The Morgan fingerprint density at radius 2 is 2.20 bits per heavy atom. The van der Waals surface area contributed by atoms with E-state index in [0.717, 1.165) is 6.42 Å². The lowest BCUT2D eigenvalue weighted by Crippen LogP contribution is -2.42. The van der Waals surface area contributed by atoms with E-state index >= 15 is 0 Å². The van der Waals surface area contributed by atoms with Gasteiger partial charge in [-0.3, -0.25) is 24.0 Å². The molecule has 0 aromatic carbocycles. The number of hydrogen-bond donors (Lipinski definition) is 2. The molecule has 0 saturated carbocycles. The zero-order valence-corrected chi connectivity index (χ0v) is 14.3. The van der Waals surface area contributed by atoms with Gasteiger partial charge in [0.2, 0.25) is 0 Å². The van der Waals surface area contributed by atoms with Crippen LogP contribution in [0.2, 0.25) is 0 Å². The number of nitrogens with one attached hydrogen (secondary N) is 1. The first-order chi connectivity index (χ1) is 12.0. The predicted molar refractivity (Wildman–Crippen MR) is 92.4 cm³/mol. The molecule has 0 saturated heterocycles. The highest BCUT2D eigenvalue weighted by Crippen LogP contribution is 2.20. The van der Waals surface area contributed by atoms with Crippen molar-refractivity contribution in [2.45, 2.75) is 32.9 Å². The number of anilines is 2. The third-order valence-electron chi connectivity index (χ3n) is 3.68. The molecular formula is C16H22N4O5. The number of nitrogen functional groups attached to an aromatic ring is 1. The van der Waals surface area contributed by atoms with E-state index in [0.29, 0.717) is 18.7 Å². The molecule has 0 aliphatic carbocycles. The molecule has 0 aliphatic heterocycles. The summed E-state index contributed by atoms with van der Waals surface area (Å²) in [6.45, 7) is 2.07. The van der Waals surface area contributed by atoms with Crippen LogP contribution in [0.15, 0.2) is 32.4 Å². The summed E-state index contributed by atoms with van der Waals surface area (Å²) < 4.78 is 11.4. The topological polar surface area (TPSA) is 124 Å². The SMILES string of the molecule is CCCCn1c(N)c(N(Cc2ccco2)C(=O)COC)c(=O)[nH]c1=O. The van der Waals surface area contributed by atoms with E-state index < -0.39 is 17.2 Å². The minimum Gasteiger partial charge on any atom is -0.467 e. The summed E-state index contributed by atoms with van der Waals surface area (Å²) >= 11 is 0. The van der Waals surface area contributed by atoms with Crippen molar-refractivity contribution in [2.75, 3.05) is 24.4 Å². The molecule has 0 unspecified atom stereocenters. The van der Waals surface area contributed by atoms with Crippen molar-refractivity contribution in [3.8, 4) is 0 Å². The molecule has 0 fully saturated rings. The molecule has 2 aromatic heterocycles. The molecule has 0 spiro atoms. The van der Waals surface area contributed by atoms with Crippen LogP contribution in [0.3, 0.4) is 0 Å². The molecule has 1 amide bonds. The van der Waals surface area contributed by atoms with E-state index in [4.69, 9.17) is 14.9 Å². The van der Waals surface area contributed by atoms with Crippen molar-refractivity contribution < 1.29 is 13.9 Å². The van der Waals surface area contributed by atoms with Crippen LogP contribution in [0.1, 0.15) is 25.5 Å². The number of nitrogens with two attached hydrogens (primary N) is 1. The molecule has 3 N–H and O–H groups in total. The monoisotopic (exact) mass is 350 g/mol. The highest BCUT2D eigenvalue weighted by Gasteiger charge is 2.25. The number of H-pyrrole nitrogens is 1. The van der Waals surface area contributed by atoms with Gasteiger partial charge in [-0.05, 0) is 18.6 Å². The number of hydrogen-bond acceptors (Lipinski definition) is 6. The maximum absolute atomic E-state index is 12.4. The Morgan fingerprint density at radius 1 is 1.44 bits per heavy atom. The van der Waals surface area contributed by atoms with Gasteiger partial charge in [-0.25, -0.2) is 4.79 Å². The largest absolute Gasteiger partial charge is 0.467 e. The third kappa shape index (κ3) is 4.18. The van der Waals surface area contributed by atoms with Crippen molar-refractivity contribution >= 4 is 17.4 Å². The summed E-state index contributed by atoms with van der Waals surface area (Å²) in [5, 5.41) is 0. The van der Waals surface area contributed by atoms with Gasteiger partial charge in [0, 0.05) is 13.7 Å². The average Bonchev–Trinajstić information content (AvgIpc) is 3.07. The highest BCUT2D eigenvalue weighted by atomic mass is 16.5. The number of carbonyl (C=O) groups excluding carboxylic acids is 1. The van der Waals surface area contributed by atoms with Crippen LogP contribution in [-0.2, 0) is 22.6 Å². The van der Waals surface area contributed by atoms with E-state index in [1.54, 1.807) is 12.1 Å². The van der Waals surface area contributed by atoms with E-state index in [1.807, 2.05) is 6.92 Å². The average molecular weight is 350 g/mol. The fourth-order valence-electron chi connectivity index (χ4n) is 2.43. The number of aromatic nitrogens is 2. The number of furan rings is 1. The van der Waals surface area contributed by atoms with Crippen molar-refractivity contribution in [1.29, 1.82) is 0 Å². The van der Waals surface area contributed by atoms with Gasteiger partial charge in [-0.1, -0.05) is 13.3 Å². The van der Waals surface area contributed by atoms with E-state index in [-0.39, 0.29) is 24.7 Å². The second-order valence-electron chi connectivity index (χ2n) is 5.49. The van der Waals surface area contributed by atoms with E-state index in [2.05, 4.69) is 4.98 Å². The van der Waals surface area contributed by atoms with Crippen LogP contribution >= 0.6 is 0 Å². The van der Waals surface area contributed by atoms with Gasteiger partial charge in [0.05, 0.1) is 12.8 Å². The lowest BCUT2D eigenvalue weighted by Gasteiger charge is -2.23. The number of amides is 1. The Kier molecular flexibility index (Phi) is 6.18. The Labute approximate surface area is 144 Å². The summed E-state index contributed by atoms with van der Waals surface area (Å²) in [5.41, 5.74) is 4.65. The molecule has 9 heteroatoms. The Morgan fingerprint density at radius 3 is 2.80 bits per heavy atom. The minimum atomic E-state index is -0.730. The number of aromatic amines is 1. The van der Waals surface area contributed by atoms with Crippen molar-refractivity contribution in [1.82, 2.24) is 9.55 Å². The summed E-state index contributed by atoms with van der Waals surface area (Å²) in [4.78, 5) is 40.2. The van der Waals surface area contributed by atoms with Gasteiger partial charge in [0.1, 0.15) is 18.2 Å². The fourth-order valence-corrected chi connectivity index (χ4v) is 2.43. The second-order valence-corrected chi connectivity index (χ2v) is 5.49. The number of rotatable bonds is 8. The highest BCUT2D eigenvalue weighted by molar-refractivity contribution is 5.96. The van der Waals surface area contributed by atoms with Gasteiger partial charge >= 0.3 is 5.69 Å². The Bertz CT molecular complexity index is 822. The molecule has 2 aromatic rings. The predicted octanol–water partition coefficient (Wildman–Crippen LogP) is 0.692. The van der Waals surface area contributed by atoms with Crippen LogP contribution in [0.4, 0.5) is 11.5 Å². The summed E-state index contributed by atoms with van der Waals surface area (Å²) in [7, 11) is 1.37. The number of nitrogens with zero attached hydrogens (tertiary/aromatic N) is 2. The molecule has 0 atom stereocenters. The Balaban J connectivity index is 2.53. The first kappa shape index (κ1) is 18.5. The molecule has 9 nitrogen and oxygen atoms in total. The van der Waals surface area contributed by atoms with Crippen molar-refractivity contribution in [3.05, 3.63) is 45.0 Å². The van der Waals surface area contributed by atoms with Gasteiger partial charge in [-0.2, -0.15) is 0 Å². The maximum atomic E-state index is 12.4. The van der Waals surface area contributed by atoms with Gasteiger partial charge in [-0.15, -0.1) is 0 Å². The number of methoxy groups -OCH3 is 1. The molecule has 136 valence electrons. The summed E-state index contributed by atoms with van der Waals surface area (Å²) in [6.07, 6.45) is 3.02. The number of ether oxygens (including phenoxy) is 1. The van der Waals surface area contributed by atoms with Crippen molar-refractivity contribution in [3.63, 3.8) is 0 Å². The van der Waals surface area contributed by atoms with E-state index in [9.17, 15) is 14.4 Å². The number of carbonyl (C=O) groups is 1. The number of unbranched alkanes of at least 4 members (excludes halogenated alkanes) is 1. The standard InChI is InChI=1S/C16H22N4O5/c1-3-4-7-19-14(17)13(15(22)18-16(19)23)20(12(21)10-24-2)9-11-6-5-8-25-11/h5-6,8H,3-4,7,9-10,17H2,1-2H3,(H,18,22,23). The summed E-state index contributed by atoms with van der Waals surface area (Å²) in [6, 6.07) is 3.34. The molecular weight excluding hydrogens is 328 g/mol. The molecule has 0 radical (unpaired) electrons. The fraction of sp³-hybridized carbons (Fsp3) is 0.438. The molecule has 0 aliphatic rings. The van der Waals surface area contributed by atoms with E-state index in [1.165, 1.54) is 22.8 Å². The van der Waals surface area contributed by atoms with Crippen molar-refractivity contribution in [2.24, 2.45) is 0 Å². The first-order valence-corrected chi connectivity index (χ1v) is 7.93. The molecule has 0 bridgehead atoms. The minimum absolute atomic E-state index is 0.00550. The molecule has 25 heavy (non-hydrogen) atoms. The van der Waals surface area contributed by atoms with Gasteiger partial charge in [0.15, 0.2) is 5.69 Å². The third-order valence-corrected chi connectivity index (χ3v) is 3.68. The Hall–Kier alpha value is -2.81. The molecule has 2 rings (SSSR count). The second kappa shape index (κ2) is 8.34. The maximum Gasteiger partial charge on any atom is 0.330 e. The zero-order valence-electron chi connectivity index (χ0n) is 14.3. The smallest absolute Gasteiger partial charge is 0.330 e. The zero-order chi connectivity index (χ0) is 18.4. The van der Waals surface area contributed by atoms with Crippen LogP contribution in [0.5, 0.6) is 0 Å². The van der Waals surface area contributed by atoms with Crippen LogP contribution in [0.25, 0.3) is 0 Å². The molecule has 2 heterocycles. The lowest BCUT2D eigenvalue weighted by molar-refractivity contribution is -0.122. The van der Waals surface area contributed by atoms with Crippen LogP contribution < -0.4 is 21.9 Å². The normalized spacial score (nSPS) is 10.8. The summed E-state index contributed by atoms with van der Waals surface area (Å²) in [5.74, 6) is -0.0652. The first-order valence-electron chi connectivity index (χ1n) is 7.93. The quantitative estimate of drug-likeness (QED) is 0.722. The van der Waals surface area contributed by atoms with Gasteiger partial charge in [0.25, 0.3) is 11.5 Å². The van der Waals surface area contributed by atoms with Crippen LogP contribution in [-0.4, -0.2) is 29.2 Å². The lowest BCUT2D eigenvalue weighted by atomic mass is 10.3. The van der Waals surface area contributed by atoms with Crippen LogP contribution in [0, 0.1) is 0 Å².